The van der Waals surface area contributed by atoms with Gasteiger partial charge in [-0.05, 0) is 60.4 Å². The highest BCUT2D eigenvalue weighted by Gasteiger charge is 2.41. The monoisotopic (exact) mass is 1010 g/mol. The van der Waals surface area contributed by atoms with Gasteiger partial charge in [0.1, 0.15) is 44.4 Å². The maximum atomic E-state index is 12.7. The second kappa shape index (κ2) is 35.1. The van der Waals surface area contributed by atoms with Crippen LogP contribution in [0.25, 0.3) is 0 Å². The van der Waals surface area contributed by atoms with Crippen molar-refractivity contribution in [2.75, 3.05) is 66.7 Å². The first kappa shape index (κ1) is 64.9. The molecule has 0 fully saturated rings. The molecule has 0 aliphatic heterocycles. The molecule has 0 saturated heterocycles. The largest absolute Gasteiger partial charge is 0.463 e. The highest BCUT2D eigenvalue weighted by atomic mass is 16.6. The van der Waals surface area contributed by atoms with Gasteiger partial charge in [-0.3, -0.25) is 78.8 Å². The molecule has 0 heterocycles. The molecule has 27 nitrogen and oxygen atoms in total. The summed E-state index contributed by atoms with van der Waals surface area (Å²) in [4.78, 5) is 139. The van der Waals surface area contributed by atoms with Crippen LogP contribution in [0.1, 0.15) is 105 Å². The van der Waals surface area contributed by atoms with E-state index >= 15 is 0 Å². The first-order valence-electron chi connectivity index (χ1n) is 22.4. The van der Waals surface area contributed by atoms with Crippen molar-refractivity contribution >= 4 is 81.7 Å². The number of nitrogens with zero attached hydrogens (tertiary/aromatic N) is 4. The van der Waals surface area contributed by atoms with Crippen molar-refractivity contribution in [3.63, 3.8) is 0 Å². The van der Waals surface area contributed by atoms with E-state index in [9.17, 15) is 68.4 Å². The van der Waals surface area contributed by atoms with Gasteiger partial charge in [0, 0.05) is 55.6 Å². The molecule has 4 unspecified atom stereocenters. The fourth-order valence-corrected chi connectivity index (χ4v) is 5.74. The molecule has 0 aromatic heterocycles. The number of ketones is 4. The molecule has 0 bridgehead atoms. The molecule has 0 radical (unpaired) electrons. The van der Waals surface area contributed by atoms with Crippen molar-refractivity contribution in [2.45, 2.75) is 128 Å². The lowest BCUT2D eigenvalue weighted by molar-refractivity contribution is -0.153. The van der Waals surface area contributed by atoms with Crippen molar-refractivity contribution < 1.29 is 87.3 Å². The van der Waals surface area contributed by atoms with Crippen LogP contribution < -0.4 is 27.9 Å². The van der Waals surface area contributed by atoms with Gasteiger partial charge in [-0.25, -0.2) is 11.7 Å². The lowest BCUT2D eigenvalue weighted by Gasteiger charge is -2.24. The number of aliphatic hydroxyl groups is 4. The summed E-state index contributed by atoms with van der Waals surface area (Å²) in [7, 11) is 3.09. The van der Waals surface area contributed by atoms with Crippen LogP contribution in [0, 0.1) is 0 Å². The highest BCUT2D eigenvalue weighted by Crippen LogP contribution is 2.19. The maximum absolute atomic E-state index is 12.7. The van der Waals surface area contributed by atoms with Crippen molar-refractivity contribution in [1.82, 2.24) is 16.2 Å². The van der Waals surface area contributed by atoms with Gasteiger partial charge in [0.15, 0.2) is 28.6 Å². The number of hydrazine groups is 2. The lowest BCUT2D eigenvalue weighted by Crippen LogP contribution is -2.52. The number of carbonyl (C=O) groups excluding carboxylic acids is 10. The number of hydrogen-bond acceptors (Lipinski definition) is 25. The fourth-order valence-electron chi connectivity index (χ4n) is 5.74. The van der Waals surface area contributed by atoms with Gasteiger partial charge in [0.2, 0.25) is 0 Å². The minimum absolute atomic E-state index is 0.0138. The third kappa shape index (κ3) is 30.3. The quantitative estimate of drug-likeness (QED) is 0.00742. The standard InChI is InChI=1S/C44H71N9O18/c1-27(48-6)7-11-37(60)68-23-35(58)24-69-38(61)13-9-29(3)50-21-33(56)17-44(67,42(65)53-46)18-34(57)22-51-30(4)10-14-40(63)71-26-36(59)25-70-39(62)12-8-28(2)49-20-32(55)16-43(66,41(64)52-45)15-31(54)19-47-5/h35-36,47,58-59,66-67H,7-26,45-46H2,1-6H3,(H,52,64)(H,53,65). The number of nitrogens with two attached hydrogens (primary N) is 2. The number of esters is 4. The molecule has 71 heavy (non-hydrogen) atoms. The minimum Gasteiger partial charge on any atom is -0.463 e. The Kier molecular flexibility index (Phi) is 32.1. The van der Waals surface area contributed by atoms with Crippen LogP contribution in [0.5, 0.6) is 0 Å². The molecular formula is C44H71N9O18. The van der Waals surface area contributed by atoms with Crippen molar-refractivity contribution in [1.29, 1.82) is 0 Å². The van der Waals surface area contributed by atoms with Crippen LogP contribution in [-0.2, 0) is 66.9 Å². The Morgan fingerprint density at radius 2 is 0.746 bits per heavy atom. The number of Topliss-reactive ketones (excluding diaryl/α,β-unsaturated/α-hetero) is 4. The third-order valence-electron chi connectivity index (χ3n) is 9.91. The predicted octanol–water partition coefficient (Wildman–Crippen LogP) is -3.03. The number of ether oxygens (including phenoxy) is 4. The highest BCUT2D eigenvalue weighted by molar-refractivity contribution is 5.99. The van der Waals surface area contributed by atoms with E-state index in [1.807, 2.05) is 0 Å². The minimum atomic E-state index is -2.55. The molecule has 11 N–H and O–H groups in total. The van der Waals surface area contributed by atoms with Crippen LogP contribution in [0.4, 0.5) is 0 Å². The van der Waals surface area contributed by atoms with E-state index in [2.05, 4.69) is 25.3 Å². The second-order valence-corrected chi connectivity index (χ2v) is 16.6. The van der Waals surface area contributed by atoms with E-state index < -0.39 is 147 Å². The first-order valence-corrected chi connectivity index (χ1v) is 22.4. The lowest BCUT2D eigenvalue weighted by atomic mass is 9.90. The Morgan fingerprint density at radius 1 is 0.479 bits per heavy atom. The summed E-state index contributed by atoms with van der Waals surface area (Å²) >= 11 is 0. The number of hydrogen-bond donors (Lipinski definition) is 9. The summed E-state index contributed by atoms with van der Waals surface area (Å²) in [5.74, 6) is 2.53. The Bertz CT molecular complexity index is 1970. The molecule has 0 rings (SSSR count). The van der Waals surface area contributed by atoms with Gasteiger partial charge in [0.25, 0.3) is 11.8 Å². The van der Waals surface area contributed by atoms with E-state index in [0.29, 0.717) is 23.6 Å². The zero-order valence-electron chi connectivity index (χ0n) is 41.2. The summed E-state index contributed by atoms with van der Waals surface area (Å²) in [6.07, 6.45) is -5.67. The normalized spacial score (nSPS) is 14.7. The molecule has 2 amide bonds. The van der Waals surface area contributed by atoms with E-state index in [-0.39, 0.29) is 58.1 Å². The topological polar surface area (TPSA) is 426 Å². The number of rotatable bonds is 38. The molecule has 0 aliphatic rings. The average Bonchev–Trinajstić information content (AvgIpc) is 3.32. The number of amides is 2. The van der Waals surface area contributed by atoms with Gasteiger partial charge < -0.3 is 44.7 Å². The molecule has 0 aromatic carbocycles. The van der Waals surface area contributed by atoms with Gasteiger partial charge in [0.05, 0.1) is 51.9 Å². The Hall–Kier alpha value is -6.10. The molecule has 0 saturated carbocycles. The Morgan fingerprint density at radius 3 is 1.00 bits per heavy atom. The van der Waals surface area contributed by atoms with Gasteiger partial charge >= 0.3 is 23.9 Å². The zero-order chi connectivity index (χ0) is 54.2. The van der Waals surface area contributed by atoms with Crippen LogP contribution in [0.2, 0.25) is 0 Å². The molecule has 0 aromatic rings. The molecular weight excluding hydrogens is 943 g/mol. The summed E-state index contributed by atoms with van der Waals surface area (Å²) in [5, 5.41) is 44.2. The van der Waals surface area contributed by atoms with E-state index in [0.717, 1.165) is 5.71 Å². The van der Waals surface area contributed by atoms with E-state index in [1.54, 1.807) is 24.8 Å². The second-order valence-electron chi connectivity index (χ2n) is 16.6. The zero-order valence-corrected chi connectivity index (χ0v) is 41.2. The van der Waals surface area contributed by atoms with Crippen LogP contribution in [-0.4, -0.2) is 192 Å². The van der Waals surface area contributed by atoms with Crippen LogP contribution in [0.15, 0.2) is 20.0 Å². The summed E-state index contributed by atoms with van der Waals surface area (Å²) < 4.78 is 19.9. The van der Waals surface area contributed by atoms with E-state index in [4.69, 9.17) is 30.6 Å². The van der Waals surface area contributed by atoms with Gasteiger partial charge in [-0.2, -0.15) is 0 Å². The van der Waals surface area contributed by atoms with Crippen molar-refractivity contribution in [3.8, 4) is 0 Å². The Balaban J connectivity index is 4.75. The van der Waals surface area contributed by atoms with Crippen molar-refractivity contribution in [2.24, 2.45) is 31.7 Å². The number of carbonyl (C=O) groups is 10. The summed E-state index contributed by atoms with van der Waals surface area (Å²) in [5.41, 5.74) is 0.303. The molecule has 4 atom stereocenters. The first-order chi connectivity index (χ1) is 33.3. The third-order valence-corrected chi connectivity index (χ3v) is 9.91. The van der Waals surface area contributed by atoms with Gasteiger partial charge in [-0.15, -0.1) is 0 Å². The van der Waals surface area contributed by atoms with Gasteiger partial charge in [-0.1, -0.05) is 0 Å². The number of aliphatic imine (C=N–C) groups is 4. The number of likely N-dealkylation sites (N-methyl/N-ethyl adjacent to an activating group) is 1. The summed E-state index contributed by atoms with van der Waals surface area (Å²) in [6.45, 7) is 2.81. The Labute approximate surface area is 411 Å². The number of aliphatic hydroxyl groups excluding tert-OH is 2. The predicted molar refractivity (Wildman–Crippen MR) is 253 cm³/mol. The SMILES string of the molecule is CN=C(C)CCC(=O)OCC(O)COC(=O)CCC(C)=NCC(=O)CC(O)(CC(=O)CN=C(C)CCC(=O)OCC(O)COC(=O)CCC(C)=NCC(=O)CC(O)(CC(=O)CNC)C(=O)NN)C(=O)NN. The molecule has 27 heteroatoms. The number of nitrogens with one attached hydrogen (secondary N) is 3. The summed E-state index contributed by atoms with van der Waals surface area (Å²) in [6, 6.07) is 0. The molecule has 400 valence electrons. The smallest absolute Gasteiger partial charge is 0.306 e. The maximum Gasteiger partial charge on any atom is 0.306 e. The average molecular weight is 1010 g/mol. The van der Waals surface area contributed by atoms with Crippen LogP contribution in [0.3, 0.4) is 0 Å². The molecule has 0 spiro atoms. The van der Waals surface area contributed by atoms with Crippen LogP contribution >= 0.6 is 0 Å². The molecule has 0 aliphatic carbocycles. The van der Waals surface area contributed by atoms with E-state index in [1.165, 1.54) is 27.8 Å². The van der Waals surface area contributed by atoms with Crippen molar-refractivity contribution in [3.05, 3.63) is 0 Å². The fraction of sp³-hybridized carbons (Fsp3) is 0.682.